The molecule has 0 spiro atoms. The number of benzene rings is 3. The first-order valence-electron chi connectivity index (χ1n) is 8.55. The van der Waals surface area contributed by atoms with Gasteiger partial charge in [-0.1, -0.05) is 35.9 Å². The zero-order valence-corrected chi connectivity index (χ0v) is 16.4. The number of hydrogen-bond acceptors (Lipinski definition) is 2. The van der Waals surface area contributed by atoms with Crippen molar-refractivity contribution in [3.05, 3.63) is 100 Å². The molecule has 0 aliphatic heterocycles. The van der Waals surface area contributed by atoms with Gasteiger partial charge in [0.15, 0.2) is 0 Å². The minimum atomic E-state index is -0.288. The van der Waals surface area contributed by atoms with Gasteiger partial charge in [-0.3, -0.25) is 4.79 Å². The molecule has 3 aromatic carbocycles. The van der Waals surface area contributed by atoms with E-state index in [1.54, 1.807) is 23.9 Å². The van der Waals surface area contributed by atoms with Crippen molar-refractivity contribution in [3.63, 3.8) is 0 Å². The fourth-order valence-electron chi connectivity index (χ4n) is 2.56. The van der Waals surface area contributed by atoms with Gasteiger partial charge in [0.25, 0.3) is 5.91 Å². The van der Waals surface area contributed by atoms with E-state index in [0.29, 0.717) is 5.56 Å². The Labute approximate surface area is 167 Å². The summed E-state index contributed by atoms with van der Waals surface area (Å²) >= 11 is 7.61. The molecule has 0 aliphatic rings. The third kappa shape index (κ3) is 5.59. The monoisotopic (exact) mass is 399 g/mol. The summed E-state index contributed by atoms with van der Waals surface area (Å²) in [6, 6.07) is 21.2. The third-order valence-electron chi connectivity index (χ3n) is 4.15. The second kappa shape index (κ2) is 9.07. The normalized spacial score (nSPS) is 11.8. The fraction of sp³-hybridized carbons (Fsp3) is 0.136. The Hall–Kier alpha value is -2.30. The van der Waals surface area contributed by atoms with Gasteiger partial charge in [-0.25, -0.2) is 4.39 Å². The van der Waals surface area contributed by atoms with Crippen molar-refractivity contribution in [1.82, 2.24) is 5.32 Å². The molecule has 0 aliphatic carbocycles. The molecule has 1 amide bonds. The van der Waals surface area contributed by atoms with Crippen molar-refractivity contribution < 1.29 is 9.18 Å². The number of thioether (sulfide) groups is 1. The van der Waals surface area contributed by atoms with Gasteiger partial charge < -0.3 is 5.32 Å². The molecule has 0 radical (unpaired) electrons. The lowest BCUT2D eigenvalue weighted by atomic mass is 10.1. The summed E-state index contributed by atoms with van der Waals surface area (Å²) in [7, 11) is 0. The summed E-state index contributed by atoms with van der Waals surface area (Å²) in [6.45, 7) is 1.88. The van der Waals surface area contributed by atoms with Gasteiger partial charge in [-0.2, -0.15) is 0 Å². The Morgan fingerprint density at radius 3 is 2.26 bits per heavy atom. The number of halogens is 2. The number of hydrogen-bond donors (Lipinski definition) is 1. The molecule has 1 atom stereocenters. The van der Waals surface area contributed by atoms with E-state index in [1.807, 2.05) is 55.5 Å². The van der Waals surface area contributed by atoms with Crippen LogP contribution in [0, 0.1) is 5.82 Å². The quantitative estimate of drug-likeness (QED) is 0.495. The molecule has 3 aromatic rings. The first-order chi connectivity index (χ1) is 13.0. The van der Waals surface area contributed by atoms with Crippen LogP contribution in [0.25, 0.3) is 0 Å². The highest BCUT2D eigenvalue weighted by Gasteiger charge is 2.11. The Balaban J connectivity index is 1.56. The average molecular weight is 400 g/mol. The van der Waals surface area contributed by atoms with Crippen LogP contribution in [0.5, 0.6) is 0 Å². The highest BCUT2D eigenvalue weighted by atomic mass is 35.5. The number of carbonyl (C=O) groups is 1. The van der Waals surface area contributed by atoms with Crippen molar-refractivity contribution >= 4 is 29.3 Å². The molecule has 0 heterocycles. The van der Waals surface area contributed by atoms with Gasteiger partial charge >= 0.3 is 0 Å². The molecular formula is C22H19ClFNOS. The van der Waals surface area contributed by atoms with Gasteiger partial charge in [-0.05, 0) is 66.6 Å². The predicted octanol–water partition coefficient (Wildman–Crippen LogP) is 6.26. The van der Waals surface area contributed by atoms with Crippen LogP contribution in [0.2, 0.25) is 5.02 Å². The van der Waals surface area contributed by atoms with Gasteiger partial charge in [-0.15, -0.1) is 11.8 Å². The topological polar surface area (TPSA) is 29.1 Å². The van der Waals surface area contributed by atoms with E-state index < -0.39 is 0 Å². The van der Waals surface area contributed by atoms with Crippen molar-refractivity contribution in [2.24, 2.45) is 0 Å². The molecule has 1 N–H and O–H groups in total. The molecule has 5 heteroatoms. The largest absolute Gasteiger partial charge is 0.346 e. The van der Waals surface area contributed by atoms with E-state index >= 15 is 0 Å². The van der Waals surface area contributed by atoms with E-state index in [9.17, 15) is 9.18 Å². The summed E-state index contributed by atoms with van der Waals surface area (Å²) < 4.78 is 13.0. The van der Waals surface area contributed by atoms with E-state index in [2.05, 4.69) is 5.32 Å². The van der Waals surface area contributed by atoms with E-state index in [4.69, 9.17) is 11.6 Å². The molecule has 27 heavy (non-hydrogen) atoms. The summed E-state index contributed by atoms with van der Waals surface area (Å²) in [5.41, 5.74) is 2.60. The van der Waals surface area contributed by atoms with Gasteiger partial charge in [0.2, 0.25) is 0 Å². The van der Waals surface area contributed by atoms with Crippen molar-refractivity contribution in [2.75, 3.05) is 0 Å². The molecule has 0 aromatic heterocycles. The molecular weight excluding hydrogens is 381 g/mol. The van der Waals surface area contributed by atoms with Crippen LogP contribution < -0.4 is 5.32 Å². The first-order valence-corrected chi connectivity index (χ1v) is 9.91. The Bertz CT molecular complexity index is 895. The first kappa shape index (κ1) is 19.5. The predicted molar refractivity (Wildman–Crippen MR) is 110 cm³/mol. The standard InChI is InChI=1S/C22H19ClFNOS/c1-15(17-6-10-20(24)11-7-17)25-22(26)18-4-2-16(3-5-18)14-27-21-12-8-19(23)9-13-21/h2-13,15H,14H2,1H3,(H,25,26)/t15-/m0/s1. The van der Waals surface area contributed by atoms with Crippen LogP contribution in [-0.4, -0.2) is 5.91 Å². The number of nitrogens with one attached hydrogen (secondary N) is 1. The maximum Gasteiger partial charge on any atom is 0.251 e. The third-order valence-corrected chi connectivity index (χ3v) is 5.49. The summed E-state index contributed by atoms with van der Waals surface area (Å²) in [5.74, 6) is 0.378. The summed E-state index contributed by atoms with van der Waals surface area (Å²) in [6.07, 6.45) is 0. The summed E-state index contributed by atoms with van der Waals surface area (Å²) in [5, 5.41) is 3.66. The molecule has 3 rings (SSSR count). The van der Waals surface area contributed by atoms with Gasteiger partial charge in [0.1, 0.15) is 5.82 Å². The molecule has 2 nitrogen and oxygen atoms in total. The Morgan fingerprint density at radius 1 is 1.00 bits per heavy atom. The van der Waals surface area contributed by atoms with Crippen LogP contribution >= 0.6 is 23.4 Å². The number of amides is 1. The minimum absolute atomic E-state index is 0.149. The second-order valence-corrected chi connectivity index (χ2v) is 7.67. The SMILES string of the molecule is C[C@H](NC(=O)c1ccc(CSc2ccc(Cl)cc2)cc1)c1ccc(F)cc1. The average Bonchev–Trinajstić information content (AvgIpc) is 2.68. The number of carbonyl (C=O) groups excluding carboxylic acids is 1. The van der Waals surface area contributed by atoms with Gasteiger partial charge in [0.05, 0.1) is 6.04 Å². The molecule has 138 valence electrons. The zero-order valence-electron chi connectivity index (χ0n) is 14.8. The smallest absolute Gasteiger partial charge is 0.251 e. The Kier molecular flexibility index (Phi) is 6.54. The molecule has 0 saturated heterocycles. The lowest BCUT2D eigenvalue weighted by Crippen LogP contribution is -2.26. The maximum absolute atomic E-state index is 13.0. The van der Waals surface area contributed by atoms with E-state index in [1.165, 1.54) is 12.1 Å². The lowest BCUT2D eigenvalue weighted by molar-refractivity contribution is 0.0940. The van der Waals surface area contributed by atoms with Gasteiger partial charge in [0, 0.05) is 21.2 Å². The molecule has 0 unspecified atom stereocenters. The minimum Gasteiger partial charge on any atom is -0.346 e. The highest BCUT2D eigenvalue weighted by molar-refractivity contribution is 7.98. The van der Waals surface area contributed by atoms with Crippen molar-refractivity contribution in [3.8, 4) is 0 Å². The molecule has 0 fully saturated rings. The molecule has 0 bridgehead atoms. The van der Waals surface area contributed by atoms with Crippen LogP contribution in [0.15, 0.2) is 77.7 Å². The second-order valence-electron chi connectivity index (χ2n) is 6.19. The lowest BCUT2D eigenvalue weighted by Gasteiger charge is -2.14. The van der Waals surface area contributed by atoms with Crippen molar-refractivity contribution in [2.45, 2.75) is 23.6 Å². The highest BCUT2D eigenvalue weighted by Crippen LogP contribution is 2.24. The van der Waals surface area contributed by atoms with Crippen molar-refractivity contribution in [1.29, 1.82) is 0 Å². The van der Waals surface area contributed by atoms with E-state index in [0.717, 1.165) is 26.8 Å². The Morgan fingerprint density at radius 2 is 1.63 bits per heavy atom. The summed E-state index contributed by atoms with van der Waals surface area (Å²) in [4.78, 5) is 13.6. The van der Waals surface area contributed by atoms with Crippen LogP contribution in [0.1, 0.15) is 34.5 Å². The van der Waals surface area contributed by atoms with Crippen LogP contribution in [0.4, 0.5) is 4.39 Å². The fourth-order valence-corrected chi connectivity index (χ4v) is 3.54. The zero-order chi connectivity index (χ0) is 19.2. The van der Waals surface area contributed by atoms with Crippen LogP contribution in [-0.2, 0) is 5.75 Å². The maximum atomic E-state index is 13.0. The van der Waals surface area contributed by atoms with Crippen LogP contribution in [0.3, 0.4) is 0 Å². The molecule has 0 saturated carbocycles. The van der Waals surface area contributed by atoms with E-state index in [-0.39, 0.29) is 17.8 Å². The number of rotatable bonds is 6.